The van der Waals surface area contributed by atoms with Gasteiger partial charge in [-0.05, 0) is 41.0 Å². The number of ether oxygens (including phenoxy) is 1. The Morgan fingerprint density at radius 3 is 2.25 bits per heavy atom. The molecule has 0 fully saturated rings. The number of fused-ring (bicyclic) bond motifs is 1. The van der Waals surface area contributed by atoms with Gasteiger partial charge in [0.25, 0.3) is 5.91 Å². The smallest absolute Gasteiger partial charge is 0.303 e. The molecule has 32 heavy (non-hydrogen) atoms. The van der Waals surface area contributed by atoms with Crippen LogP contribution in [0, 0.1) is 0 Å². The molecule has 0 saturated heterocycles. The first-order valence-corrected chi connectivity index (χ1v) is 10.3. The van der Waals surface area contributed by atoms with E-state index < -0.39 is 11.9 Å². The summed E-state index contributed by atoms with van der Waals surface area (Å²) in [6.45, 7) is -0.159. The van der Waals surface area contributed by atoms with Gasteiger partial charge in [0.1, 0.15) is 5.75 Å². The molecule has 3 aromatic carbocycles. The number of carbonyl (C=O) groups is 2. The van der Waals surface area contributed by atoms with Crippen LogP contribution in [0.15, 0.2) is 60.7 Å². The first-order chi connectivity index (χ1) is 15.4. The third-order valence-electron chi connectivity index (χ3n) is 5.07. The van der Waals surface area contributed by atoms with Crippen molar-refractivity contribution in [2.24, 2.45) is 5.73 Å². The Hall–Kier alpha value is -3.84. The van der Waals surface area contributed by atoms with Crippen molar-refractivity contribution in [2.45, 2.75) is 12.8 Å². The van der Waals surface area contributed by atoms with Crippen LogP contribution in [-0.4, -0.2) is 33.8 Å². The van der Waals surface area contributed by atoms with Crippen molar-refractivity contribution in [3.63, 3.8) is 0 Å². The van der Waals surface area contributed by atoms with Crippen molar-refractivity contribution in [2.75, 3.05) is 6.61 Å². The highest BCUT2D eigenvalue weighted by Crippen LogP contribution is 2.34. The highest BCUT2D eigenvalue weighted by atomic mass is 35.5. The molecule has 0 atom stereocenters. The van der Waals surface area contributed by atoms with Crippen molar-refractivity contribution in [1.29, 1.82) is 0 Å². The van der Waals surface area contributed by atoms with Crippen molar-refractivity contribution in [1.82, 2.24) is 10.2 Å². The lowest BCUT2D eigenvalue weighted by Crippen LogP contribution is -2.19. The summed E-state index contributed by atoms with van der Waals surface area (Å²) in [5.74, 6) is -0.813. The van der Waals surface area contributed by atoms with Crippen molar-refractivity contribution >= 4 is 34.4 Å². The van der Waals surface area contributed by atoms with E-state index in [1.807, 2.05) is 48.5 Å². The average molecular weight is 450 g/mol. The van der Waals surface area contributed by atoms with Crippen LogP contribution in [0.4, 0.5) is 0 Å². The van der Waals surface area contributed by atoms with Gasteiger partial charge in [0, 0.05) is 17.4 Å². The molecule has 1 aromatic heterocycles. The predicted molar refractivity (Wildman–Crippen MR) is 123 cm³/mol. The first kappa shape index (κ1) is 21.4. The molecule has 1 amide bonds. The van der Waals surface area contributed by atoms with E-state index in [0.29, 0.717) is 22.9 Å². The van der Waals surface area contributed by atoms with E-state index in [2.05, 4.69) is 10.2 Å². The van der Waals surface area contributed by atoms with Gasteiger partial charge in [-0.25, -0.2) is 0 Å². The molecule has 4 N–H and O–H groups in total. The van der Waals surface area contributed by atoms with Gasteiger partial charge in [-0.15, -0.1) is 0 Å². The molecule has 0 aliphatic carbocycles. The number of carboxylic acids is 1. The number of primary amides is 1. The number of nitrogens with zero attached hydrogens (tertiary/aromatic N) is 1. The zero-order valence-corrected chi connectivity index (χ0v) is 17.7. The van der Waals surface area contributed by atoms with E-state index in [-0.39, 0.29) is 13.0 Å². The Balaban J connectivity index is 1.58. The topological polar surface area (TPSA) is 118 Å². The van der Waals surface area contributed by atoms with Crippen LogP contribution in [0.2, 0.25) is 5.02 Å². The average Bonchev–Trinajstić information content (AvgIpc) is 3.17. The van der Waals surface area contributed by atoms with Crippen LogP contribution < -0.4 is 10.5 Å². The van der Waals surface area contributed by atoms with Crippen LogP contribution in [0.5, 0.6) is 5.75 Å². The first-order valence-electron chi connectivity index (χ1n) is 9.91. The van der Waals surface area contributed by atoms with E-state index in [9.17, 15) is 9.59 Å². The lowest BCUT2D eigenvalue weighted by molar-refractivity contribution is -0.137. The summed E-state index contributed by atoms with van der Waals surface area (Å²) >= 11 is 6.51. The summed E-state index contributed by atoms with van der Waals surface area (Å²) in [5, 5.41) is 17.6. The van der Waals surface area contributed by atoms with Crippen LogP contribution in [0.3, 0.4) is 0 Å². The van der Waals surface area contributed by atoms with E-state index in [1.165, 1.54) is 0 Å². The zero-order valence-electron chi connectivity index (χ0n) is 17.0. The number of carbonyl (C=O) groups excluding carboxylic acids is 1. The lowest BCUT2D eigenvalue weighted by atomic mass is 9.98. The molecule has 0 bridgehead atoms. The van der Waals surface area contributed by atoms with Gasteiger partial charge in [0.2, 0.25) is 0 Å². The fourth-order valence-electron chi connectivity index (χ4n) is 3.47. The maximum atomic E-state index is 10.9. The largest absolute Gasteiger partial charge is 0.484 e. The SMILES string of the molecule is NC(=O)COc1ccc(-c2ccc(-c3cc4c(CCC(=O)O)n[nH]c4cc3Cl)cc2)cc1. The maximum Gasteiger partial charge on any atom is 0.303 e. The number of rotatable bonds is 8. The molecule has 162 valence electrons. The number of aryl methyl sites for hydroxylation is 1. The molecule has 1 heterocycles. The minimum atomic E-state index is -0.863. The van der Waals surface area contributed by atoms with Crippen LogP contribution in [-0.2, 0) is 16.0 Å². The fraction of sp³-hybridized carbons (Fsp3) is 0.125. The molecule has 4 rings (SSSR count). The van der Waals surface area contributed by atoms with Crippen molar-refractivity contribution in [3.8, 4) is 28.0 Å². The summed E-state index contributed by atoms with van der Waals surface area (Å²) in [5.41, 5.74) is 10.4. The molecule has 4 aromatic rings. The zero-order chi connectivity index (χ0) is 22.7. The number of carboxylic acid groups (broad SMARTS) is 1. The van der Waals surface area contributed by atoms with E-state index in [4.69, 9.17) is 27.2 Å². The van der Waals surface area contributed by atoms with Gasteiger partial charge in [-0.1, -0.05) is 48.0 Å². The molecule has 0 saturated carbocycles. The van der Waals surface area contributed by atoms with Gasteiger partial charge in [-0.3, -0.25) is 14.7 Å². The van der Waals surface area contributed by atoms with Crippen LogP contribution in [0.1, 0.15) is 12.1 Å². The molecule has 0 aliphatic rings. The quantitative estimate of drug-likeness (QED) is 0.367. The number of aromatic nitrogens is 2. The monoisotopic (exact) mass is 449 g/mol. The van der Waals surface area contributed by atoms with E-state index in [1.54, 1.807) is 12.1 Å². The minimum Gasteiger partial charge on any atom is -0.484 e. The molecule has 0 radical (unpaired) electrons. The number of aromatic amines is 1. The Kier molecular flexibility index (Phi) is 6.09. The Labute approximate surface area is 188 Å². The standard InChI is InChI=1S/C24H20ClN3O4/c25-20-12-22-19(21(27-28-22)9-10-24(30)31)11-18(20)16-3-1-14(2-4-16)15-5-7-17(8-6-15)32-13-23(26)29/h1-8,11-12H,9-10,13H2,(H2,26,29)(H,27,28)(H,30,31). The molecule has 0 aliphatic heterocycles. The number of benzene rings is 3. The number of amides is 1. The lowest BCUT2D eigenvalue weighted by Gasteiger charge is -2.09. The predicted octanol–water partition coefficient (Wildman–Crippen LogP) is 4.43. The number of halogens is 1. The molecular weight excluding hydrogens is 430 g/mol. The molecule has 0 spiro atoms. The Bertz CT molecular complexity index is 1280. The normalized spacial score (nSPS) is 10.9. The molecule has 8 heteroatoms. The van der Waals surface area contributed by atoms with Gasteiger partial charge >= 0.3 is 5.97 Å². The highest BCUT2D eigenvalue weighted by Gasteiger charge is 2.13. The Morgan fingerprint density at radius 2 is 1.62 bits per heavy atom. The van der Waals surface area contributed by atoms with Gasteiger partial charge in [0.15, 0.2) is 6.61 Å². The number of hydrogen-bond acceptors (Lipinski definition) is 4. The summed E-state index contributed by atoms with van der Waals surface area (Å²) in [6.07, 6.45) is 0.355. The Morgan fingerprint density at radius 1 is 1.00 bits per heavy atom. The minimum absolute atomic E-state index is 0.0129. The fourth-order valence-corrected chi connectivity index (χ4v) is 3.74. The van der Waals surface area contributed by atoms with E-state index >= 15 is 0 Å². The van der Waals surface area contributed by atoms with Crippen molar-refractivity contribution < 1.29 is 19.4 Å². The number of hydrogen-bond donors (Lipinski definition) is 3. The van der Waals surface area contributed by atoms with Crippen molar-refractivity contribution in [3.05, 3.63) is 71.4 Å². The van der Waals surface area contributed by atoms with Gasteiger partial charge in [-0.2, -0.15) is 5.10 Å². The second kappa shape index (κ2) is 9.11. The number of nitrogens with one attached hydrogen (secondary N) is 1. The molecule has 0 unspecified atom stereocenters. The summed E-state index contributed by atoms with van der Waals surface area (Å²) in [4.78, 5) is 21.7. The van der Waals surface area contributed by atoms with Crippen LogP contribution in [0.25, 0.3) is 33.2 Å². The summed E-state index contributed by atoms with van der Waals surface area (Å²) < 4.78 is 5.29. The summed E-state index contributed by atoms with van der Waals surface area (Å²) in [6, 6.07) is 19.1. The number of H-pyrrole nitrogens is 1. The van der Waals surface area contributed by atoms with Crippen LogP contribution >= 0.6 is 11.6 Å². The summed E-state index contributed by atoms with van der Waals surface area (Å²) in [7, 11) is 0. The highest BCUT2D eigenvalue weighted by molar-refractivity contribution is 6.34. The second-order valence-electron chi connectivity index (χ2n) is 7.30. The number of nitrogens with two attached hydrogens (primary N) is 1. The second-order valence-corrected chi connectivity index (χ2v) is 7.71. The van der Waals surface area contributed by atoms with Gasteiger partial charge in [0.05, 0.1) is 22.7 Å². The molecular formula is C24H20ClN3O4. The van der Waals surface area contributed by atoms with Gasteiger partial charge < -0.3 is 15.6 Å². The molecule has 7 nitrogen and oxygen atoms in total. The van der Waals surface area contributed by atoms with E-state index in [0.717, 1.165) is 33.2 Å². The third-order valence-corrected chi connectivity index (χ3v) is 5.38. The number of aliphatic carboxylic acids is 1. The maximum absolute atomic E-state index is 10.9. The third kappa shape index (κ3) is 4.73.